The van der Waals surface area contributed by atoms with Gasteiger partial charge in [0.15, 0.2) is 0 Å². The fourth-order valence-electron chi connectivity index (χ4n) is 12.5. The number of anilines is 6. The van der Waals surface area contributed by atoms with Crippen LogP contribution in [0.3, 0.4) is 0 Å². The number of benzene rings is 12. The number of unbranched alkanes of at least 4 members (excludes halogenated alkanes) is 2. The summed E-state index contributed by atoms with van der Waals surface area (Å²) in [6.07, 6.45) is 8.74. The predicted molar refractivity (Wildman–Crippen MR) is 376 cm³/mol. The number of hydrogen-bond donors (Lipinski definition) is 0. The van der Waals surface area contributed by atoms with Gasteiger partial charge in [0.05, 0.1) is 12.3 Å². The van der Waals surface area contributed by atoms with Gasteiger partial charge in [-0.15, -0.1) is 0 Å². The Morgan fingerprint density at radius 1 is 0.221 bits per heavy atom. The molecule has 0 amide bonds. The lowest BCUT2D eigenvalue weighted by molar-refractivity contribution is 0.795. The van der Waals surface area contributed by atoms with Crippen molar-refractivity contribution >= 4 is 80.5 Å². The average Bonchev–Trinajstić information content (AvgIpc) is 1.88. The third-order valence-electron chi connectivity index (χ3n) is 17.0. The second-order valence-electron chi connectivity index (χ2n) is 22.6. The smallest absolute Gasteiger partial charge is 0.116 e. The van der Waals surface area contributed by atoms with Gasteiger partial charge in [0.1, 0.15) is 46.4 Å². The summed E-state index contributed by atoms with van der Waals surface area (Å²) in [6, 6.07) is 123. The van der Waals surface area contributed by atoms with Crippen molar-refractivity contribution in [2.75, 3.05) is 9.80 Å². The van der Waals surface area contributed by atoms with E-state index >= 15 is 0 Å². The van der Waals surface area contributed by atoms with Crippen LogP contribution >= 0.6 is 14.5 Å². The molecule has 422 valence electrons. The lowest BCUT2D eigenvalue weighted by Crippen LogP contribution is -2.32. The monoisotopic (exact) mass is 1150 g/mol. The summed E-state index contributed by atoms with van der Waals surface area (Å²) in [6.45, 7) is 4.53. The SMILES string of the molecule is CCCCc1ccc(N(c2ccc(C[P+](c3ccccc3)(c3ccccc3)c3ccccc3)cc2)c2ccc(-c3ccc(N(c4ccc(CCCC)cc4)c4ccc(C[P+](c5ccccc5)(c5ccccc5)c5ccccc5)cc4)cc3)cc2)cc1. The van der Waals surface area contributed by atoms with Crippen LogP contribution in [0.2, 0.25) is 0 Å². The summed E-state index contributed by atoms with van der Waals surface area (Å²) in [5, 5.41) is 8.34. The van der Waals surface area contributed by atoms with E-state index in [1.807, 2.05) is 0 Å². The first-order chi connectivity index (χ1) is 42.5. The van der Waals surface area contributed by atoms with Crippen molar-refractivity contribution in [3.8, 4) is 11.1 Å². The maximum absolute atomic E-state index is 2.41. The van der Waals surface area contributed by atoms with E-state index in [-0.39, 0.29) is 0 Å². The van der Waals surface area contributed by atoms with Gasteiger partial charge in [-0.2, -0.15) is 0 Å². The Labute approximate surface area is 512 Å². The zero-order valence-corrected chi connectivity index (χ0v) is 51.4. The molecule has 2 nitrogen and oxygen atoms in total. The van der Waals surface area contributed by atoms with Crippen LogP contribution in [0.25, 0.3) is 11.1 Å². The molecule has 0 aliphatic carbocycles. The van der Waals surface area contributed by atoms with E-state index in [4.69, 9.17) is 0 Å². The standard InChI is InChI=1S/C82H76N2P2/c1-3-5-25-65-39-51-71(52-40-65)83(73-55-43-67(44-56-73)63-85(77-27-13-7-14-28-77,78-29-15-8-16-30-78)79-31-17-9-18-32-79)75-59-47-69(48-60-75)70-49-61-76(62-50-70)84(72-53-41-66(42-54-72)26-6-4-2)74-57-45-68(46-58-74)64-86(80-33-19-10-20-34-80,81-35-21-11-22-36-81)82-37-23-12-24-38-82/h7-24,27-62H,3-6,25-26,63-64H2,1-2H3/q+2. The minimum Gasteiger partial charge on any atom is -0.311 e. The quantitative estimate of drug-likeness (QED) is 0.0589. The normalized spacial score (nSPS) is 11.5. The summed E-state index contributed by atoms with van der Waals surface area (Å²) >= 11 is 0. The van der Waals surface area contributed by atoms with E-state index in [1.165, 1.54) is 90.9 Å². The van der Waals surface area contributed by atoms with Crippen molar-refractivity contribution in [2.45, 2.75) is 64.7 Å². The molecule has 0 bridgehead atoms. The lowest BCUT2D eigenvalue weighted by Gasteiger charge is -2.29. The zero-order valence-electron chi connectivity index (χ0n) is 49.6. The van der Waals surface area contributed by atoms with Crippen LogP contribution in [0, 0.1) is 0 Å². The number of hydrogen-bond acceptors (Lipinski definition) is 2. The molecule has 86 heavy (non-hydrogen) atoms. The minimum absolute atomic E-state index is 0.918. The van der Waals surface area contributed by atoms with Gasteiger partial charge in [-0.25, -0.2) is 0 Å². The number of aryl methyl sites for hydroxylation is 2. The summed E-state index contributed by atoms with van der Waals surface area (Å²) in [5.41, 5.74) is 14.5. The molecule has 0 aliphatic heterocycles. The van der Waals surface area contributed by atoms with E-state index in [0.717, 1.165) is 59.3 Å². The van der Waals surface area contributed by atoms with E-state index < -0.39 is 14.5 Å². The number of rotatable bonds is 23. The highest BCUT2D eigenvalue weighted by atomic mass is 31.2. The molecule has 0 N–H and O–H groups in total. The molecule has 4 heteroatoms. The molecule has 0 radical (unpaired) electrons. The van der Waals surface area contributed by atoms with Crippen LogP contribution in [0.4, 0.5) is 34.1 Å². The maximum Gasteiger partial charge on any atom is 0.116 e. The molecule has 0 fully saturated rings. The van der Waals surface area contributed by atoms with Crippen LogP contribution in [-0.4, -0.2) is 0 Å². The molecule has 0 unspecified atom stereocenters. The van der Waals surface area contributed by atoms with E-state index in [9.17, 15) is 0 Å². The van der Waals surface area contributed by atoms with Gasteiger partial charge in [0.2, 0.25) is 0 Å². The molecule has 0 spiro atoms. The largest absolute Gasteiger partial charge is 0.311 e. The molecule has 12 aromatic rings. The Morgan fingerprint density at radius 3 is 0.628 bits per heavy atom. The summed E-state index contributed by atoms with van der Waals surface area (Å²) < 4.78 is 0. The second kappa shape index (κ2) is 27.4. The molecule has 0 aromatic heterocycles. The molecule has 0 heterocycles. The predicted octanol–water partition coefficient (Wildman–Crippen LogP) is 20.0. The van der Waals surface area contributed by atoms with Gasteiger partial charge in [0, 0.05) is 34.1 Å². The summed E-state index contributed by atoms with van der Waals surface area (Å²) in [5.74, 6) is 0. The van der Waals surface area contributed by atoms with Crippen LogP contribution in [-0.2, 0) is 25.2 Å². The Bertz CT molecular complexity index is 3530. The molecule has 12 aromatic carbocycles. The summed E-state index contributed by atoms with van der Waals surface area (Å²) in [7, 11) is -4.15. The topological polar surface area (TPSA) is 6.48 Å². The van der Waals surface area contributed by atoms with Crippen molar-refractivity contribution in [1.29, 1.82) is 0 Å². The van der Waals surface area contributed by atoms with Crippen LogP contribution in [0.15, 0.2) is 328 Å². The van der Waals surface area contributed by atoms with E-state index in [0.29, 0.717) is 0 Å². The third-order valence-corrected chi connectivity index (χ3v) is 25.8. The van der Waals surface area contributed by atoms with E-state index in [2.05, 4.69) is 351 Å². The Balaban J connectivity index is 0.857. The highest BCUT2D eigenvalue weighted by Gasteiger charge is 2.46. The van der Waals surface area contributed by atoms with Gasteiger partial charge < -0.3 is 9.80 Å². The zero-order chi connectivity index (χ0) is 58.4. The van der Waals surface area contributed by atoms with Crippen LogP contribution in [0.5, 0.6) is 0 Å². The maximum atomic E-state index is 2.41. The minimum atomic E-state index is -2.08. The van der Waals surface area contributed by atoms with E-state index in [1.54, 1.807) is 0 Å². The van der Waals surface area contributed by atoms with Gasteiger partial charge in [-0.05, 0) is 205 Å². The van der Waals surface area contributed by atoms with Crippen LogP contribution < -0.4 is 41.6 Å². The molecule has 0 atom stereocenters. The molecule has 0 aliphatic rings. The third kappa shape index (κ3) is 12.6. The van der Waals surface area contributed by atoms with Gasteiger partial charge in [0.25, 0.3) is 0 Å². The fraction of sp³-hybridized carbons (Fsp3) is 0.122. The molecule has 0 saturated carbocycles. The van der Waals surface area contributed by atoms with Crippen molar-refractivity contribution in [2.24, 2.45) is 0 Å². The van der Waals surface area contributed by atoms with Gasteiger partial charge in [-0.1, -0.05) is 209 Å². The molecular formula is C82H76N2P2+2. The van der Waals surface area contributed by atoms with Crippen molar-refractivity contribution < 1.29 is 0 Å². The average molecular weight is 1150 g/mol. The highest BCUT2D eigenvalue weighted by Crippen LogP contribution is 2.59. The van der Waals surface area contributed by atoms with Crippen LogP contribution in [0.1, 0.15) is 61.8 Å². The molecular weight excluding hydrogens is 1070 g/mol. The first kappa shape index (κ1) is 57.5. The summed E-state index contributed by atoms with van der Waals surface area (Å²) in [4.78, 5) is 4.83. The molecule has 12 rings (SSSR count). The van der Waals surface area contributed by atoms with Crippen molar-refractivity contribution in [1.82, 2.24) is 0 Å². The van der Waals surface area contributed by atoms with Gasteiger partial charge in [-0.3, -0.25) is 0 Å². The fourth-order valence-corrected chi connectivity index (χ4v) is 21.0. The Morgan fingerprint density at radius 2 is 0.419 bits per heavy atom. The highest BCUT2D eigenvalue weighted by molar-refractivity contribution is 7.95. The molecule has 0 saturated heterocycles. The Kier molecular flexibility index (Phi) is 18.3. The van der Waals surface area contributed by atoms with Crippen molar-refractivity contribution in [3.63, 3.8) is 0 Å². The van der Waals surface area contributed by atoms with Gasteiger partial charge >= 0.3 is 0 Å². The second-order valence-corrected chi connectivity index (χ2v) is 29.6. The first-order valence-electron chi connectivity index (χ1n) is 30.8. The van der Waals surface area contributed by atoms with Crippen molar-refractivity contribution in [3.05, 3.63) is 350 Å². The Hall–Kier alpha value is -8.90. The first-order valence-corrected chi connectivity index (χ1v) is 34.7. The number of nitrogens with zero attached hydrogens (tertiary/aromatic N) is 2. The lowest BCUT2D eigenvalue weighted by atomic mass is 10.0.